The molecule has 0 atom stereocenters. The first-order valence-electron chi connectivity index (χ1n) is 6.12. The van der Waals surface area contributed by atoms with E-state index in [1.165, 1.54) is 0 Å². The van der Waals surface area contributed by atoms with E-state index >= 15 is 0 Å². The minimum absolute atomic E-state index is 0.0289. The Kier molecular flexibility index (Phi) is 13.8. The standard InChI is InChI=1S/C11H24N2O5/c12-9-18-10-17-7-6-16-8-11(15)13-4-2-1-3-5-14/h14H,1-10,12H2,(H,13,15). The summed E-state index contributed by atoms with van der Waals surface area (Å²) >= 11 is 0. The Hall–Kier alpha value is -0.730. The van der Waals surface area contributed by atoms with Crippen LogP contribution in [0, 0.1) is 0 Å². The van der Waals surface area contributed by atoms with Crippen LogP contribution in [-0.4, -0.2) is 57.5 Å². The molecule has 0 saturated heterocycles. The van der Waals surface area contributed by atoms with Crippen molar-refractivity contribution in [3.63, 3.8) is 0 Å². The average Bonchev–Trinajstić information content (AvgIpc) is 2.37. The molecule has 0 spiro atoms. The number of hydrogen-bond donors (Lipinski definition) is 3. The number of ether oxygens (including phenoxy) is 3. The van der Waals surface area contributed by atoms with Crippen molar-refractivity contribution in [1.29, 1.82) is 0 Å². The molecule has 0 aliphatic carbocycles. The van der Waals surface area contributed by atoms with Crippen molar-refractivity contribution < 1.29 is 24.1 Å². The van der Waals surface area contributed by atoms with Crippen molar-refractivity contribution in [2.24, 2.45) is 5.73 Å². The first kappa shape index (κ1) is 17.3. The largest absolute Gasteiger partial charge is 0.396 e. The van der Waals surface area contributed by atoms with Gasteiger partial charge in [-0.15, -0.1) is 0 Å². The number of nitrogens with two attached hydrogens (primary N) is 1. The van der Waals surface area contributed by atoms with Gasteiger partial charge in [-0.2, -0.15) is 0 Å². The van der Waals surface area contributed by atoms with E-state index in [0.29, 0.717) is 19.8 Å². The summed E-state index contributed by atoms with van der Waals surface area (Å²) in [6.07, 6.45) is 2.55. The molecular weight excluding hydrogens is 240 g/mol. The fourth-order valence-electron chi connectivity index (χ4n) is 1.14. The maximum atomic E-state index is 11.2. The molecule has 1 amide bonds. The molecule has 18 heavy (non-hydrogen) atoms. The molecular formula is C11H24N2O5. The summed E-state index contributed by atoms with van der Waals surface area (Å²) < 4.78 is 14.8. The number of aliphatic hydroxyl groups excluding tert-OH is 1. The molecule has 0 aromatic rings. The zero-order valence-electron chi connectivity index (χ0n) is 10.7. The summed E-state index contributed by atoms with van der Waals surface area (Å²) in [4.78, 5) is 11.2. The molecule has 7 heteroatoms. The summed E-state index contributed by atoms with van der Waals surface area (Å²) in [6.45, 7) is 1.81. The number of carbonyl (C=O) groups excluding carboxylic acids is 1. The van der Waals surface area contributed by atoms with E-state index in [0.717, 1.165) is 19.3 Å². The van der Waals surface area contributed by atoms with Crippen molar-refractivity contribution in [2.75, 3.05) is 46.5 Å². The number of nitrogens with one attached hydrogen (secondary N) is 1. The van der Waals surface area contributed by atoms with E-state index in [2.05, 4.69) is 5.32 Å². The van der Waals surface area contributed by atoms with Crippen LogP contribution >= 0.6 is 0 Å². The molecule has 0 heterocycles. The van der Waals surface area contributed by atoms with E-state index in [1.54, 1.807) is 0 Å². The second-order valence-electron chi connectivity index (χ2n) is 3.58. The van der Waals surface area contributed by atoms with Gasteiger partial charge in [0.05, 0.1) is 19.9 Å². The van der Waals surface area contributed by atoms with Gasteiger partial charge < -0.3 is 30.4 Å². The zero-order valence-corrected chi connectivity index (χ0v) is 10.7. The highest BCUT2D eigenvalue weighted by Crippen LogP contribution is 1.91. The molecule has 0 unspecified atom stereocenters. The molecule has 108 valence electrons. The number of unbranched alkanes of at least 4 members (excludes halogenated alkanes) is 2. The zero-order chi connectivity index (χ0) is 13.5. The molecule has 0 aromatic heterocycles. The predicted molar refractivity (Wildman–Crippen MR) is 65.7 cm³/mol. The Balaban J connectivity index is 3.12. The van der Waals surface area contributed by atoms with Gasteiger partial charge >= 0.3 is 0 Å². The van der Waals surface area contributed by atoms with Crippen molar-refractivity contribution >= 4 is 5.91 Å². The summed E-state index contributed by atoms with van der Waals surface area (Å²) in [5, 5.41) is 11.3. The first-order valence-corrected chi connectivity index (χ1v) is 6.12. The van der Waals surface area contributed by atoms with E-state index in [1.807, 2.05) is 0 Å². The second kappa shape index (κ2) is 14.3. The monoisotopic (exact) mass is 264 g/mol. The third kappa shape index (κ3) is 13.3. The third-order valence-electron chi connectivity index (χ3n) is 2.05. The maximum absolute atomic E-state index is 11.2. The van der Waals surface area contributed by atoms with Crippen molar-refractivity contribution in [2.45, 2.75) is 19.3 Å². The molecule has 0 saturated carbocycles. The van der Waals surface area contributed by atoms with E-state index in [9.17, 15) is 4.79 Å². The number of hydrogen-bond acceptors (Lipinski definition) is 6. The van der Waals surface area contributed by atoms with Crippen LogP contribution < -0.4 is 11.1 Å². The highest BCUT2D eigenvalue weighted by atomic mass is 16.7. The Morgan fingerprint density at radius 2 is 1.89 bits per heavy atom. The van der Waals surface area contributed by atoms with Gasteiger partial charge in [-0.3, -0.25) is 4.79 Å². The lowest BCUT2D eigenvalue weighted by Crippen LogP contribution is -2.29. The Morgan fingerprint density at radius 1 is 1.11 bits per heavy atom. The Morgan fingerprint density at radius 3 is 2.61 bits per heavy atom. The maximum Gasteiger partial charge on any atom is 0.245 e. The molecule has 0 aromatic carbocycles. The third-order valence-corrected chi connectivity index (χ3v) is 2.05. The van der Waals surface area contributed by atoms with Crippen molar-refractivity contribution in [3.8, 4) is 0 Å². The minimum Gasteiger partial charge on any atom is -0.396 e. The Bertz CT molecular complexity index is 192. The fourth-order valence-corrected chi connectivity index (χ4v) is 1.14. The topological polar surface area (TPSA) is 103 Å². The molecule has 4 N–H and O–H groups in total. The Labute approximate surface area is 108 Å². The van der Waals surface area contributed by atoms with Gasteiger partial charge in [0.1, 0.15) is 13.4 Å². The molecule has 0 rings (SSSR count). The van der Waals surface area contributed by atoms with Gasteiger partial charge in [0, 0.05) is 13.2 Å². The number of rotatable bonds is 13. The smallest absolute Gasteiger partial charge is 0.245 e. The lowest BCUT2D eigenvalue weighted by molar-refractivity contribution is -0.127. The van der Waals surface area contributed by atoms with Gasteiger partial charge in [-0.05, 0) is 19.3 Å². The summed E-state index contributed by atoms with van der Waals surface area (Å²) in [6, 6.07) is 0. The number of carbonyl (C=O) groups is 1. The number of amides is 1. The molecule has 7 nitrogen and oxygen atoms in total. The van der Waals surface area contributed by atoms with Crippen LogP contribution in [0.4, 0.5) is 0 Å². The van der Waals surface area contributed by atoms with Gasteiger partial charge in [0.2, 0.25) is 5.91 Å². The van der Waals surface area contributed by atoms with Gasteiger partial charge in [0.15, 0.2) is 0 Å². The second-order valence-corrected chi connectivity index (χ2v) is 3.58. The summed E-state index contributed by atoms with van der Waals surface area (Å²) in [7, 11) is 0. The van der Waals surface area contributed by atoms with Crippen LogP contribution in [0.2, 0.25) is 0 Å². The molecule has 0 radical (unpaired) electrons. The molecule has 0 fully saturated rings. The lowest BCUT2D eigenvalue weighted by atomic mass is 10.2. The van der Waals surface area contributed by atoms with E-state index in [4.69, 9.17) is 25.1 Å². The van der Waals surface area contributed by atoms with Crippen LogP contribution in [0.5, 0.6) is 0 Å². The highest BCUT2D eigenvalue weighted by Gasteiger charge is 2.00. The normalized spacial score (nSPS) is 10.6. The highest BCUT2D eigenvalue weighted by molar-refractivity contribution is 5.77. The summed E-state index contributed by atoms with van der Waals surface area (Å²) in [5.74, 6) is -0.141. The van der Waals surface area contributed by atoms with E-state index in [-0.39, 0.29) is 32.6 Å². The fraction of sp³-hybridized carbons (Fsp3) is 0.909. The van der Waals surface area contributed by atoms with Gasteiger partial charge in [0.25, 0.3) is 0 Å². The van der Waals surface area contributed by atoms with Crippen LogP contribution in [0.25, 0.3) is 0 Å². The minimum atomic E-state index is -0.141. The molecule has 0 aliphatic heterocycles. The molecule has 0 aliphatic rings. The van der Waals surface area contributed by atoms with Crippen LogP contribution in [0.3, 0.4) is 0 Å². The van der Waals surface area contributed by atoms with Crippen LogP contribution in [0.1, 0.15) is 19.3 Å². The first-order chi connectivity index (χ1) is 8.81. The van der Waals surface area contributed by atoms with Crippen LogP contribution in [0.15, 0.2) is 0 Å². The average molecular weight is 264 g/mol. The van der Waals surface area contributed by atoms with Gasteiger partial charge in [-0.25, -0.2) is 0 Å². The SMILES string of the molecule is NCOCOCCOCC(=O)NCCCCCO. The quantitative estimate of drug-likeness (QED) is 0.297. The summed E-state index contributed by atoms with van der Waals surface area (Å²) in [5.41, 5.74) is 5.09. The molecule has 0 bridgehead atoms. The van der Waals surface area contributed by atoms with Crippen molar-refractivity contribution in [1.82, 2.24) is 5.32 Å². The van der Waals surface area contributed by atoms with Gasteiger partial charge in [-0.1, -0.05) is 0 Å². The van der Waals surface area contributed by atoms with Crippen molar-refractivity contribution in [3.05, 3.63) is 0 Å². The predicted octanol–water partition coefficient (Wildman–Crippen LogP) is -0.811. The lowest BCUT2D eigenvalue weighted by Gasteiger charge is -2.06. The van der Waals surface area contributed by atoms with Crippen LogP contribution in [-0.2, 0) is 19.0 Å². The number of aliphatic hydroxyl groups is 1. The van der Waals surface area contributed by atoms with E-state index < -0.39 is 0 Å².